The van der Waals surface area contributed by atoms with Crippen LogP contribution in [-0.4, -0.2) is 32.8 Å². The van der Waals surface area contributed by atoms with E-state index in [1.165, 1.54) is 31.5 Å². The number of aromatic nitrogens is 3. The number of nitriles is 1. The summed E-state index contributed by atoms with van der Waals surface area (Å²) >= 11 is 1.67. The van der Waals surface area contributed by atoms with E-state index in [-0.39, 0.29) is 5.82 Å². The number of likely N-dealkylation sites (tertiary alicyclic amines) is 1. The van der Waals surface area contributed by atoms with Crippen molar-refractivity contribution >= 4 is 17.2 Å². The minimum Gasteiger partial charge on any atom is -0.383 e. The molecule has 0 aliphatic carbocycles. The monoisotopic (exact) mass is 364 g/mol. The summed E-state index contributed by atoms with van der Waals surface area (Å²) in [4.78, 5) is 8.03. The van der Waals surface area contributed by atoms with E-state index in [0.29, 0.717) is 5.56 Å². The van der Waals surface area contributed by atoms with Crippen LogP contribution < -0.4 is 5.73 Å². The number of nitrogens with two attached hydrogens (primary N) is 1. The highest BCUT2D eigenvalue weighted by Crippen LogP contribution is 2.34. The SMILES string of the molecule is Cn1cc(-c2cc(-c3cc(CN4CCCC4)cs3)nc(N)c2C#N)cn1. The van der Waals surface area contributed by atoms with Crippen molar-refractivity contribution in [2.45, 2.75) is 19.4 Å². The number of nitrogen functional groups attached to an aromatic ring is 1. The van der Waals surface area contributed by atoms with Gasteiger partial charge in [-0.2, -0.15) is 10.4 Å². The van der Waals surface area contributed by atoms with Gasteiger partial charge in [-0.05, 0) is 49.0 Å². The number of hydrogen-bond acceptors (Lipinski definition) is 6. The van der Waals surface area contributed by atoms with Crippen molar-refractivity contribution in [3.8, 4) is 27.8 Å². The van der Waals surface area contributed by atoms with Gasteiger partial charge < -0.3 is 5.73 Å². The molecule has 1 aliphatic rings. The van der Waals surface area contributed by atoms with Crippen LogP contribution in [0.2, 0.25) is 0 Å². The van der Waals surface area contributed by atoms with Gasteiger partial charge in [-0.25, -0.2) is 4.98 Å². The lowest BCUT2D eigenvalue weighted by molar-refractivity contribution is 0.332. The topological polar surface area (TPSA) is 83.8 Å². The normalized spacial score (nSPS) is 14.6. The van der Waals surface area contributed by atoms with Crippen molar-refractivity contribution in [2.24, 2.45) is 7.05 Å². The molecule has 0 spiro atoms. The number of pyridine rings is 1. The summed E-state index contributed by atoms with van der Waals surface area (Å²) in [6.07, 6.45) is 6.21. The third kappa shape index (κ3) is 3.21. The van der Waals surface area contributed by atoms with Crippen LogP contribution in [0.4, 0.5) is 5.82 Å². The summed E-state index contributed by atoms with van der Waals surface area (Å²) in [6, 6.07) is 6.30. The Morgan fingerprint density at radius 1 is 1.31 bits per heavy atom. The molecule has 4 heterocycles. The van der Waals surface area contributed by atoms with Gasteiger partial charge >= 0.3 is 0 Å². The largest absolute Gasteiger partial charge is 0.383 e. The first kappa shape index (κ1) is 16.8. The fourth-order valence-corrected chi connectivity index (χ4v) is 4.25. The number of hydrogen-bond donors (Lipinski definition) is 1. The van der Waals surface area contributed by atoms with Crippen LogP contribution in [0.3, 0.4) is 0 Å². The molecule has 1 aliphatic heterocycles. The highest BCUT2D eigenvalue weighted by atomic mass is 32.1. The minimum absolute atomic E-state index is 0.262. The number of thiophene rings is 1. The van der Waals surface area contributed by atoms with Gasteiger partial charge in [0.05, 0.1) is 16.8 Å². The van der Waals surface area contributed by atoms with Gasteiger partial charge in [0.25, 0.3) is 0 Å². The molecule has 132 valence electrons. The summed E-state index contributed by atoms with van der Waals surface area (Å²) in [7, 11) is 1.85. The number of rotatable bonds is 4. The fraction of sp³-hybridized carbons (Fsp3) is 0.316. The molecule has 6 nitrogen and oxygen atoms in total. The highest BCUT2D eigenvalue weighted by molar-refractivity contribution is 7.13. The summed E-state index contributed by atoms with van der Waals surface area (Å²) in [6.45, 7) is 3.34. The lowest BCUT2D eigenvalue weighted by atomic mass is 10.0. The zero-order valence-corrected chi connectivity index (χ0v) is 15.5. The first-order valence-electron chi connectivity index (χ1n) is 8.64. The molecule has 3 aromatic heterocycles. The molecule has 1 fully saturated rings. The second kappa shape index (κ2) is 6.90. The van der Waals surface area contributed by atoms with E-state index >= 15 is 0 Å². The molecule has 0 unspecified atom stereocenters. The lowest BCUT2D eigenvalue weighted by Gasteiger charge is -2.12. The van der Waals surface area contributed by atoms with Crippen molar-refractivity contribution in [3.05, 3.63) is 41.0 Å². The predicted octanol–water partition coefficient (Wildman–Crippen LogP) is 3.26. The summed E-state index contributed by atoms with van der Waals surface area (Å²) in [5.41, 5.74) is 10.2. The van der Waals surface area contributed by atoms with E-state index in [0.717, 1.165) is 28.2 Å². The van der Waals surface area contributed by atoms with E-state index in [9.17, 15) is 5.26 Å². The second-order valence-corrected chi connectivity index (χ2v) is 7.54. The lowest BCUT2D eigenvalue weighted by Crippen LogP contribution is -2.17. The van der Waals surface area contributed by atoms with Gasteiger partial charge in [-0.3, -0.25) is 9.58 Å². The quantitative estimate of drug-likeness (QED) is 0.768. The van der Waals surface area contributed by atoms with Crippen LogP contribution in [0.25, 0.3) is 21.7 Å². The van der Waals surface area contributed by atoms with E-state index in [1.54, 1.807) is 22.2 Å². The van der Waals surface area contributed by atoms with Gasteiger partial charge in [-0.15, -0.1) is 11.3 Å². The van der Waals surface area contributed by atoms with Crippen molar-refractivity contribution < 1.29 is 0 Å². The van der Waals surface area contributed by atoms with Crippen LogP contribution in [0.15, 0.2) is 29.9 Å². The maximum absolute atomic E-state index is 9.49. The zero-order chi connectivity index (χ0) is 18.1. The molecular formula is C19H20N6S. The predicted molar refractivity (Wildman–Crippen MR) is 103 cm³/mol. The molecule has 4 rings (SSSR count). The Kier molecular flexibility index (Phi) is 4.45. The third-order valence-corrected chi connectivity index (χ3v) is 5.69. The molecule has 7 heteroatoms. The Bertz CT molecular complexity index is 974. The number of nitrogens with zero attached hydrogens (tertiary/aromatic N) is 5. The Labute approximate surface area is 156 Å². The van der Waals surface area contributed by atoms with E-state index < -0.39 is 0 Å². The highest BCUT2D eigenvalue weighted by Gasteiger charge is 2.17. The molecule has 1 saturated heterocycles. The summed E-state index contributed by atoms with van der Waals surface area (Å²) in [5, 5.41) is 15.9. The third-order valence-electron chi connectivity index (χ3n) is 4.69. The van der Waals surface area contributed by atoms with Gasteiger partial charge in [0.15, 0.2) is 0 Å². The molecule has 0 atom stereocenters. The standard InChI is InChI=1S/C19H20N6S/c1-24-11-14(9-22-24)15-7-17(23-19(21)16(15)8-20)18-6-13(12-26-18)10-25-4-2-3-5-25/h6-7,9,11-12H,2-5,10H2,1H3,(H2,21,23). The Morgan fingerprint density at radius 2 is 2.12 bits per heavy atom. The Hall–Kier alpha value is -2.69. The first-order valence-corrected chi connectivity index (χ1v) is 9.52. The minimum atomic E-state index is 0.262. The van der Waals surface area contributed by atoms with Gasteiger partial charge in [0.2, 0.25) is 0 Å². The number of aryl methyl sites for hydroxylation is 1. The van der Waals surface area contributed by atoms with Gasteiger partial charge in [-0.1, -0.05) is 0 Å². The Morgan fingerprint density at radius 3 is 2.81 bits per heavy atom. The maximum Gasteiger partial charge on any atom is 0.142 e. The molecular weight excluding hydrogens is 344 g/mol. The first-order chi connectivity index (χ1) is 12.6. The zero-order valence-electron chi connectivity index (χ0n) is 14.6. The van der Waals surface area contributed by atoms with Crippen molar-refractivity contribution in [2.75, 3.05) is 18.8 Å². The average molecular weight is 364 g/mol. The van der Waals surface area contributed by atoms with Crippen molar-refractivity contribution in [1.29, 1.82) is 5.26 Å². The van der Waals surface area contributed by atoms with E-state index in [1.807, 2.05) is 19.3 Å². The van der Waals surface area contributed by atoms with Crippen molar-refractivity contribution in [3.63, 3.8) is 0 Å². The van der Waals surface area contributed by atoms with Crippen LogP contribution in [0.5, 0.6) is 0 Å². The van der Waals surface area contributed by atoms with Crippen LogP contribution in [-0.2, 0) is 13.6 Å². The Balaban J connectivity index is 1.70. The van der Waals surface area contributed by atoms with E-state index in [2.05, 4.69) is 32.5 Å². The molecule has 0 radical (unpaired) electrons. The van der Waals surface area contributed by atoms with Gasteiger partial charge in [0.1, 0.15) is 17.5 Å². The van der Waals surface area contributed by atoms with Crippen LogP contribution >= 0.6 is 11.3 Å². The number of anilines is 1. The van der Waals surface area contributed by atoms with Crippen LogP contribution in [0, 0.1) is 11.3 Å². The van der Waals surface area contributed by atoms with Crippen molar-refractivity contribution in [1.82, 2.24) is 19.7 Å². The molecule has 0 amide bonds. The average Bonchev–Trinajstić information content (AvgIpc) is 3.37. The smallest absolute Gasteiger partial charge is 0.142 e. The van der Waals surface area contributed by atoms with E-state index in [4.69, 9.17) is 5.73 Å². The van der Waals surface area contributed by atoms with Crippen LogP contribution in [0.1, 0.15) is 24.0 Å². The second-order valence-electron chi connectivity index (χ2n) is 6.63. The summed E-state index contributed by atoms with van der Waals surface area (Å²) < 4.78 is 1.71. The molecule has 0 bridgehead atoms. The summed E-state index contributed by atoms with van der Waals surface area (Å²) in [5.74, 6) is 0.262. The fourth-order valence-electron chi connectivity index (χ4n) is 3.39. The maximum atomic E-state index is 9.49. The molecule has 3 aromatic rings. The molecule has 0 saturated carbocycles. The van der Waals surface area contributed by atoms with Gasteiger partial charge in [0, 0.05) is 30.9 Å². The molecule has 2 N–H and O–H groups in total. The molecule has 0 aromatic carbocycles. The molecule has 26 heavy (non-hydrogen) atoms.